The van der Waals surface area contributed by atoms with Gasteiger partial charge in [-0.15, -0.1) is 0 Å². The molecule has 11 nitrogen and oxygen atoms in total. The first-order valence-electron chi connectivity index (χ1n) is 11.0. The minimum Gasteiger partial charge on any atom is -0.475 e. The third-order valence-corrected chi connectivity index (χ3v) is 5.19. The number of aromatic nitrogens is 5. The second kappa shape index (κ2) is 12.4. The van der Waals surface area contributed by atoms with Gasteiger partial charge in [0.05, 0.1) is 25.5 Å². The van der Waals surface area contributed by atoms with Crippen molar-refractivity contribution < 1.29 is 36.6 Å². The van der Waals surface area contributed by atoms with Gasteiger partial charge < -0.3 is 20.5 Å². The standard InChI is InChI=1S/C20H21F2N7O2.C2HF3O2/c21-19(22)15(10-23)12-29-20(30)28(13-25-29)18-3-1-2-16(26-18)14-4-5-17(24-11-14)27-6-8-31-9-7-27;3-2(4,5)1(6)7/h1-5,11,13H,6-10,12,23H2;(H,6,7). The van der Waals surface area contributed by atoms with Gasteiger partial charge in [0.15, 0.2) is 0 Å². The molecule has 4 heterocycles. The molecule has 0 bridgehead atoms. The number of carbonyl (C=O) groups is 1. The van der Waals surface area contributed by atoms with Crippen LogP contribution in [-0.4, -0.2) is 74.4 Å². The number of alkyl halides is 3. The molecular weight excluding hydrogens is 521 g/mol. The molecule has 1 saturated heterocycles. The van der Waals surface area contributed by atoms with Crippen LogP contribution in [0.1, 0.15) is 0 Å². The van der Waals surface area contributed by atoms with Gasteiger partial charge in [-0.25, -0.2) is 28.8 Å². The Morgan fingerprint density at radius 3 is 2.34 bits per heavy atom. The lowest BCUT2D eigenvalue weighted by Crippen LogP contribution is -2.36. The van der Waals surface area contributed by atoms with Crippen LogP contribution in [0.25, 0.3) is 17.1 Å². The molecule has 1 aliphatic rings. The maximum absolute atomic E-state index is 12.9. The fourth-order valence-corrected chi connectivity index (χ4v) is 3.22. The van der Waals surface area contributed by atoms with Crippen LogP contribution < -0.4 is 16.3 Å². The van der Waals surface area contributed by atoms with E-state index in [-0.39, 0.29) is 18.7 Å². The SMILES string of the molecule is NCC(Cn1ncn(-c2cccc(-c3ccc(N4CCOCC4)nc3)n2)c1=O)=C(F)F.O=C(O)C(F)(F)F. The summed E-state index contributed by atoms with van der Waals surface area (Å²) in [7, 11) is 0. The van der Waals surface area contributed by atoms with Crippen molar-refractivity contribution >= 4 is 11.8 Å². The maximum Gasteiger partial charge on any atom is 0.490 e. The highest BCUT2D eigenvalue weighted by atomic mass is 19.4. The van der Waals surface area contributed by atoms with Crippen LogP contribution in [0.15, 0.2) is 59.3 Å². The van der Waals surface area contributed by atoms with Crippen molar-refractivity contribution in [3.8, 4) is 17.1 Å². The molecule has 0 atom stereocenters. The molecule has 0 aliphatic carbocycles. The number of halogens is 5. The highest BCUT2D eigenvalue weighted by Gasteiger charge is 2.38. The molecule has 204 valence electrons. The summed E-state index contributed by atoms with van der Waals surface area (Å²) in [6.07, 6.45) is -4.01. The second-order valence-electron chi connectivity index (χ2n) is 7.70. The van der Waals surface area contributed by atoms with Gasteiger partial charge in [0.1, 0.15) is 18.0 Å². The number of ether oxygens (including phenoxy) is 1. The molecule has 38 heavy (non-hydrogen) atoms. The summed E-state index contributed by atoms with van der Waals surface area (Å²) >= 11 is 0. The van der Waals surface area contributed by atoms with Crippen molar-refractivity contribution in [3.63, 3.8) is 0 Å². The van der Waals surface area contributed by atoms with Crippen LogP contribution in [0.2, 0.25) is 0 Å². The number of nitrogens with two attached hydrogens (primary N) is 1. The lowest BCUT2D eigenvalue weighted by atomic mass is 10.2. The number of anilines is 1. The molecular formula is C22H22F5N7O4. The number of rotatable bonds is 6. The van der Waals surface area contributed by atoms with Crippen LogP contribution in [-0.2, 0) is 16.1 Å². The van der Waals surface area contributed by atoms with E-state index in [1.807, 2.05) is 12.1 Å². The average Bonchev–Trinajstić information content (AvgIpc) is 3.27. The molecule has 3 aromatic rings. The van der Waals surface area contributed by atoms with Gasteiger partial charge in [-0.1, -0.05) is 6.07 Å². The molecule has 4 rings (SSSR count). The summed E-state index contributed by atoms with van der Waals surface area (Å²) in [6.45, 7) is 2.20. The van der Waals surface area contributed by atoms with E-state index in [1.54, 1.807) is 24.4 Å². The number of hydrogen-bond donors (Lipinski definition) is 2. The molecule has 1 aliphatic heterocycles. The van der Waals surface area contributed by atoms with E-state index in [2.05, 4.69) is 20.0 Å². The molecule has 3 N–H and O–H groups in total. The van der Waals surface area contributed by atoms with Crippen LogP contribution in [0.5, 0.6) is 0 Å². The first-order chi connectivity index (χ1) is 18.0. The van der Waals surface area contributed by atoms with Crippen LogP contribution in [0.4, 0.5) is 27.8 Å². The van der Waals surface area contributed by atoms with Gasteiger partial charge in [0, 0.05) is 37.0 Å². The van der Waals surface area contributed by atoms with Gasteiger partial charge in [-0.05, 0) is 24.3 Å². The van der Waals surface area contributed by atoms with Gasteiger partial charge >= 0.3 is 17.8 Å². The summed E-state index contributed by atoms with van der Waals surface area (Å²) < 4.78 is 64.9. The Morgan fingerprint density at radius 1 is 1.11 bits per heavy atom. The molecule has 0 amide bonds. The lowest BCUT2D eigenvalue weighted by molar-refractivity contribution is -0.192. The van der Waals surface area contributed by atoms with Crippen LogP contribution in [0.3, 0.4) is 0 Å². The van der Waals surface area contributed by atoms with Gasteiger partial charge in [-0.2, -0.15) is 27.1 Å². The zero-order valence-electron chi connectivity index (χ0n) is 19.6. The zero-order valence-corrected chi connectivity index (χ0v) is 19.6. The van der Waals surface area contributed by atoms with E-state index < -0.39 is 23.9 Å². The smallest absolute Gasteiger partial charge is 0.475 e. The van der Waals surface area contributed by atoms with E-state index in [0.29, 0.717) is 24.7 Å². The fourth-order valence-electron chi connectivity index (χ4n) is 3.22. The summed E-state index contributed by atoms with van der Waals surface area (Å²) in [5.74, 6) is -1.57. The normalized spacial score (nSPS) is 13.5. The Labute approximate surface area is 211 Å². The van der Waals surface area contributed by atoms with Gasteiger partial charge in [0.2, 0.25) is 0 Å². The van der Waals surface area contributed by atoms with Crippen LogP contribution >= 0.6 is 0 Å². The van der Waals surface area contributed by atoms with E-state index in [1.165, 1.54) is 10.9 Å². The zero-order chi connectivity index (χ0) is 27.9. The number of pyridine rings is 2. The largest absolute Gasteiger partial charge is 0.490 e. The molecule has 0 saturated carbocycles. The van der Waals surface area contributed by atoms with E-state index in [0.717, 1.165) is 29.2 Å². The number of carboxylic acid groups (broad SMARTS) is 1. The third kappa shape index (κ3) is 7.19. The highest BCUT2D eigenvalue weighted by Crippen LogP contribution is 2.21. The Kier molecular flexibility index (Phi) is 9.25. The second-order valence-corrected chi connectivity index (χ2v) is 7.70. The molecule has 1 fully saturated rings. The Balaban J connectivity index is 0.000000505. The molecule has 0 unspecified atom stereocenters. The monoisotopic (exact) mass is 543 g/mol. The van der Waals surface area contributed by atoms with Gasteiger partial charge in [0.25, 0.3) is 6.08 Å². The highest BCUT2D eigenvalue weighted by molar-refractivity contribution is 5.73. The third-order valence-electron chi connectivity index (χ3n) is 5.19. The topological polar surface area (TPSA) is 141 Å². The molecule has 0 radical (unpaired) electrons. The molecule has 16 heteroatoms. The van der Waals surface area contributed by atoms with Crippen molar-refractivity contribution in [3.05, 3.63) is 65.0 Å². The summed E-state index contributed by atoms with van der Waals surface area (Å²) in [5.41, 5.74) is 5.79. The number of aliphatic carboxylic acids is 1. The minimum atomic E-state index is -5.08. The maximum atomic E-state index is 12.9. The van der Waals surface area contributed by atoms with E-state index in [9.17, 15) is 26.7 Å². The molecule has 3 aromatic heterocycles. The van der Waals surface area contributed by atoms with Crippen molar-refractivity contribution in [2.24, 2.45) is 5.73 Å². The quantitative estimate of drug-likeness (QED) is 0.447. The number of carboxylic acids is 1. The summed E-state index contributed by atoms with van der Waals surface area (Å²) in [5, 5.41) is 11.0. The van der Waals surface area contributed by atoms with Crippen molar-refractivity contribution in [1.82, 2.24) is 24.3 Å². The number of nitrogens with zero attached hydrogens (tertiary/aromatic N) is 6. The molecule has 0 aromatic carbocycles. The minimum absolute atomic E-state index is 0.324. The number of morpholine rings is 1. The average molecular weight is 543 g/mol. The van der Waals surface area contributed by atoms with Crippen molar-refractivity contribution in [2.45, 2.75) is 12.7 Å². The number of hydrogen-bond acceptors (Lipinski definition) is 8. The Bertz CT molecular complexity index is 1330. The van der Waals surface area contributed by atoms with Crippen molar-refractivity contribution in [2.75, 3.05) is 37.7 Å². The first kappa shape index (κ1) is 28.4. The van der Waals surface area contributed by atoms with Gasteiger partial charge in [-0.3, -0.25) is 0 Å². The van der Waals surface area contributed by atoms with E-state index in [4.69, 9.17) is 20.4 Å². The van der Waals surface area contributed by atoms with Crippen molar-refractivity contribution in [1.29, 1.82) is 0 Å². The molecule has 0 spiro atoms. The predicted octanol–water partition coefficient (Wildman–Crippen LogP) is 2.07. The Hall–Kier alpha value is -4.18. The Morgan fingerprint density at radius 2 is 1.79 bits per heavy atom. The first-order valence-corrected chi connectivity index (χ1v) is 11.0. The summed E-state index contributed by atoms with van der Waals surface area (Å²) in [4.78, 5) is 32.7. The fraction of sp³-hybridized carbons (Fsp3) is 0.318. The summed E-state index contributed by atoms with van der Waals surface area (Å²) in [6, 6.07) is 9.04. The van der Waals surface area contributed by atoms with Crippen LogP contribution in [0, 0.1) is 0 Å². The van der Waals surface area contributed by atoms with E-state index >= 15 is 0 Å². The lowest BCUT2D eigenvalue weighted by Gasteiger charge is -2.27. The predicted molar refractivity (Wildman–Crippen MR) is 124 cm³/mol.